The highest BCUT2D eigenvalue weighted by atomic mass is 32.2. The molecule has 0 fully saturated rings. The van der Waals surface area contributed by atoms with E-state index in [0.29, 0.717) is 0 Å². The molecule has 0 aromatic heterocycles. The van der Waals surface area contributed by atoms with Crippen molar-refractivity contribution in [2.45, 2.75) is 44.7 Å². The summed E-state index contributed by atoms with van der Waals surface area (Å²) in [7, 11) is -3.96. The number of amides is 1. The van der Waals surface area contributed by atoms with Gasteiger partial charge in [-0.1, -0.05) is 42.8 Å². The Bertz CT molecular complexity index is 882. The summed E-state index contributed by atoms with van der Waals surface area (Å²) < 4.78 is 41.2. The maximum absolute atomic E-state index is 14.1. The standard InChI is InChI=1S/C20H25FN2O3S/c1-4-16(3)22-20(24)14-23(13-17-7-5-6-8-19(17)21)27(25,26)18-11-9-15(2)10-12-18/h5-12,16H,4,13-14H2,1-3H3,(H,22,24)/t16-/m0/s1. The van der Waals surface area contributed by atoms with Crippen LogP contribution in [0.15, 0.2) is 53.4 Å². The van der Waals surface area contributed by atoms with Crippen LogP contribution in [-0.4, -0.2) is 31.2 Å². The van der Waals surface area contributed by atoms with Crippen LogP contribution in [0.3, 0.4) is 0 Å². The molecule has 2 aromatic rings. The average Bonchev–Trinajstić information content (AvgIpc) is 2.63. The first-order valence-electron chi connectivity index (χ1n) is 8.83. The normalized spacial score (nSPS) is 12.8. The first-order chi connectivity index (χ1) is 12.7. The van der Waals surface area contributed by atoms with Crippen molar-refractivity contribution in [3.8, 4) is 0 Å². The minimum Gasteiger partial charge on any atom is -0.353 e. The third-order valence-electron chi connectivity index (χ3n) is 4.30. The highest BCUT2D eigenvalue weighted by molar-refractivity contribution is 7.89. The Morgan fingerprint density at radius 1 is 1.15 bits per heavy atom. The quantitative estimate of drug-likeness (QED) is 0.750. The number of carbonyl (C=O) groups excluding carboxylic acids is 1. The second-order valence-electron chi connectivity index (χ2n) is 6.55. The van der Waals surface area contributed by atoms with Crippen LogP contribution in [-0.2, 0) is 21.4 Å². The summed E-state index contributed by atoms with van der Waals surface area (Å²) in [6.45, 7) is 5.01. The molecule has 0 unspecified atom stereocenters. The number of halogens is 1. The SMILES string of the molecule is CC[C@H](C)NC(=O)CN(Cc1ccccc1F)S(=O)(=O)c1ccc(C)cc1. The Balaban J connectivity index is 2.34. The Hall–Kier alpha value is -2.25. The van der Waals surface area contributed by atoms with Gasteiger partial charge in [0.05, 0.1) is 11.4 Å². The molecule has 0 saturated carbocycles. The van der Waals surface area contributed by atoms with E-state index in [4.69, 9.17) is 0 Å². The molecule has 1 N–H and O–H groups in total. The molecule has 1 amide bonds. The van der Waals surface area contributed by atoms with Crippen LogP contribution in [0.1, 0.15) is 31.4 Å². The fourth-order valence-corrected chi connectivity index (χ4v) is 3.86. The first-order valence-corrected chi connectivity index (χ1v) is 10.3. The maximum Gasteiger partial charge on any atom is 0.243 e. The predicted molar refractivity (Wildman–Crippen MR) is 103 cm³/mol. The molecule has 0 aliphatic rings. The Morgan fingerprint density at radius 2 is 1.78 bits per heavy atom. The highest BCUT2D eigenvalue weighted by Crippen LogP contribution is 2.20. The van der Waals surface area contributed by atoms with Crippen LogP contribution in [0.25, 0.3) is 0 Å². The van der Waals surface area contributed by atoms with E-state index in [-0.39, 0.29) is 29.6 Å². The molecule has 0 saturated heterocycles. The molecule has 0 bridgehead atoms. The van der Waals surface area contributed by atoms with Crippen LogP contribution < -0.4 is 5.32 Å². The monoisotopic (exact) mass is 392 g/mol. The van der Waals surface area contributed by atoms with Gasteiger partial charge in [-0.2, -0.15) is 4.31 Å². The molecule has 0 aliphatic carbocycles. The predicted octanol–water partition coefficient (Wildman–Crippen LogP) is 3.24. The van der Waals surface area contributed by atoms with E-state index < -0.39 is 21.7 Å². The molecule has 2 rings (SSSR count). The minimum atomic E-state index is -3.96. The van der Waals surface area contributed by atoms with Crippen LogP contribution in [0.4, 0.5) is 4.39 Å². The molecular formula is C20H25FN2O3S. The second-order valence-corrected chi connectivity index (χ2v) is 8.49. The Morgan fingerprint density at radius 3 is 2.37 bits per heavy atom. The van der Waals surface area contributed by atoms with E-state index >= 15 is 0 Å². The van der Waals surface area contributed by atoms with Crippen LogP contribution in [0.2, 0.25) is 0 Å². The molecule has 0 heterocycles. The largest absolute Gasteiger partial charge is 0.353 e. The van der Waals surface area contributed by atoms with Crippen molar-refractivity contribution in [2.75, 3.05) is 6.54 Å². The lowest BCUT2D eigenvalue weighted by Gasteiger charge is -2.23. The van der Waals surface area contributed by atoms with Gasteiger partial charge in [-0.3, -0.25) is 4.79 Å². The van der Waals surface area contributed by atoms with Gasteiger partial charge >= 0.3 is 0 Å². The molecule has 0 radical (unpaired) electrons. The number of carbonyl (C=O) groups is 1. The number of benzene rings is 2. The topological polar surface area (TPSA) is 66.5 Å². The minimum absolute atomic E-state index is 0.0702. The van der Waals surface area contributed by atoms with Crippen molar-refractivity contribution in [3.05, 3.63) is 65.5 Å². The summed E-state index contributed by atoms with van der Waals surface area (Å²) in [5, 5.41) is 2.75. The average molecular weight is 392 g/mol. The van der Waals surface area contributed by atoms with Crippen LogP contribution in [0.5, 0.6) is 0 Å². The van der Waals surface area contributed by atoms with Crippen molar-refractivity contribution in [3.63, 3.8) is 0 Å². The maximum atomic E-state index is 14.1. The van der Waals surface area contributed by atoms with E-state index in [2.05, 4.69) is 5.32 Å². The van der Waals surface area contributed by atoms with Crippen molar-refractivity contribution >= 4 is 15.9 Å². The zero-order chi connectivity index (χ0) is 20.0. The lowest BCUT2D eigenvalue weighted by atomic mass is 10.2. The summed E-state index contributed by atoms with van der Waals surface area (Å²) in [6.07, 6.45) is 0.726. The molecule has 27 heavy (non-hydrogen) atoms. The smallest absolute Gasteiger partial charge is 0.243 e. The first kappa shape index (κ1) is 21.1. The molecule has 0 aliphatic heterocycles. The number of nitrogens with zero attached hydrogens (tertiary/aromatic N) is 1. The molecule has 2 aromatic carbocycles. The van der Waals surface area contributed by atoms with Gasteiger partial charge in [-0.15, -0.1) is 0 Å². The highest BCUT2D eigenvalue weighted by Gasteiger charge is 2.28. The van der Waals surface area contributed by atoms with Gasteiger partial charge in [0, 0.05) is 18.2 Å². The molecule has 5 nitrogen and oxygen atoms in total. The molecule has 0 spiro atoms. The van der Waals surface area contributed by atoms with Crippen LogP contribution >= 0.6 is 0 Å². The summed E-state index contributed by atoms with van der Waals surface area (Å²) in [6, 6.07) is 12.2. The van der Waals surface area contributed by atoms with Gasteiger partial charge in [0.15, 0.2) is 0 Å². The Kier molecular flexibility index (Phi) is 7.10. The Labute approximate surface area is 160 Å². The lowest BCUT2D eigenvalue weighted by Crippen LogP contribution is -2.43. The summed E-state index contributed by atoms with van der Waals surface area (Å²) in [4.78, 5) is 12.4. The van der Waals surface area contributed by atoms with Crippen molar-refractivity contribution in [1.29, 1.82) is 0 Å². The van der Waals surface area contributed by atoms with Gasteiger partial charge < -0.3 is 5.32 Å². The number of aryl methyl sites for hydroxylation is 1. The fourth-order valence-electron chi connectivity index (χ4n) is 2.48. The van der Waals surface area contributed by atoms with Gasteiger partial charge in [0.2, 0.25) is 15.9 Å². The van der Waals surface area contributed by atoms with E-state index in [1.807, 2.05) is 20.8 Å². The van der Waals surface area contributed by atoms with E-state index in [1.54, 1.807) is 18.2 Å². The molecule has 146 valence electrons. The zero-order valence-corrected chi connectivity index (χ0v) is 16.6. The second kappa shape index (κ2) is 9.10. The zero-order valence-electron chi connectivity index (χ0n) is 15.8. The van der Waals surface area contributed by atoms with Gasteiger partial charge in [-0.25, -0.2) is 12.8 Å². The number of hydrogen-bond acceptors (Lipinski definition) is 3. The van der Waals surface area contributed by atoms with Gasteiger partial charge in [0.1, 0.15) is 5.82 Å². The van der Waals surface area contributed by atoms with Crippen molar-refractivity contribution in [1.82, 2.24) is 9.62 Å². The molecule has 7 heteroatoms. The lowest BCUT2D eigenvalue weighted by molar-refractivity contribution is -0.122. The third kappa shape index (κ3) is 5.61. The van der Waals surface area contributed by atoms with Crippen molar-refractivity contribution < 1.29 is 17.6 Å². The van der Waals surface area contributed by atoms with Crippen LogP contribution in [0, 0.1) is 12.7 Å². The third-order valence-corrected chi connectivity index (χ3v) is 6.11. The van der Waals surface area contributed by atoms with E-state index in [0.717, 1.165) is 16.3 Å². The molecule has 1 atom stereocenters. The van der Waals surface area contributed by atoms with Gasteiger partial charge in [0.25, 0.3) is 0 Å². The molecular weight excluding hydrogens is 367 g/mol. The fraction of sp³-hybridized carbons (Fsp3) is 0.350. The van der Waals surface area contributed by atoms with E-state index in [9.17, 15) is 17.6 Å². The van der Waals surface area contributed by atoms with E-state index in [1.165, 1.54) is 30.3 Å². The summed E-state index contributed by atoms with van der Waals surface area (Å²) in [5.74, 6) is -0.930. The van der Waals surface area contributed by atoms with Gasteiger partial charge in [-0.05, 0) is 38.5 Å². The number of hydrogen-bond donors (Lipinski definition) is 1. The summed E-state index contributed by atoms with van der Waals surface area (Å²) in [5.41, 5.74) is 1.13. The number of rotatable bonds is 8. The summed E-state index contributed by atoms with van der Waals surface area (Å²) >= 11 is 0. The number of nitrogens with one attached hydrogen (secondary N) is 1. The van der Waals surface area contributed by atoms with Crippen molar-refractivity contribution in [2.24, 2.45) is 0 Å². The number of sulfonamides is 1.